The summed E-state index contributed by atoms with van der Waals surface area (Å²) in [5, 5.41) is 6.33. The van der Waals surface area contributed by atoms with Crippen molar-refractivity contribution < 1.29 is 14.3 Å². The highest BCUT2D eigenvalue weighted by Gasteiger charge is 2.12. The van der Waals surface area contributed by atoms with Crippen LogP contribution in [0.4, 0.5) is 5.69 Å². The first kappa shape index (κ1) is 20.4. The molecule has 0 aliphatic carbocycles. The molecule has 1 saturated heterocycles. The molecule has 26 heavy (non-hydrogen) atoms. The van der Waals surface area contributed by atoms with E-state index in [1.807, 2.05) is 12.1 Å². The molecule has 0 atom stereocenters. The number of benzene rings is 1. The Hall–Kier alpha value is -1.88. The third-order valence-corrected chi connectivity index (χ3v) is 4.88. The summed E-state index contributed by atoms with van der Waals surface area (Å²) in [5.41, 5.74) is 2.17. The van der Waals surface area contributed by atoms with Gasteiger partial charge in [0.25, 0.3) is 0 Å². The molecule has 0 spiro atoms. The minimum Gasteiger partial charge on any atom is -0.466 e. The average Bonchev–Trinajstić information content (AvgIpc) is 2.66. The van der Waals surface area contributed by atoms with E-state index in [2.05, 4.69) is 22.8 Å². The number of carbonyl (C=O) groups excluding carboxylic acids is 2. The Morgan fingerprint density at radius 3 is 2.50 bits per heavy atom. The molecule has 2 rings (SSSR count). The van der Waals surface area contributed by atoms with Crippen LogP contribution in [0.1, 0.15) is 57.4 Å². The molecule has 0 unspecified atom stereocenters. The summed E-state index contributed by atoms with van der Waals surface area (Å²) < 4.78 is 4.87. The first-order valence-electron chi connectivity index (χ1n) is 9.92. The summed E-state index contributed by atoms with van der Waals surface area (Å²) in [7, 11) is 0. The van der Waals surface area contributed by atoms with Crippen molar-refractivity contribution in [1.82, 2.24) is 5.32 Å². The number of esters is 1. The highest BCUT2D eigenvalue weighted by Crippen LogP contribution is 2.19. The number of ether oxygens (including phenoxy) is 1. The van der Waals surface area contributed by atoms with Gasteiger partial charge in [0.2, 0.25) is 5.91 Å². The number of unbranched alkanes of at least 4 members (excludes halogenated alkanes) is 1. The zero-order valence-electron chi connectivity index (χ0n) is 15.9. The van der Waals surface area contributed by atoms with Crippen molar-refractivity contribution >= 4 is 17.6 Å². The molecule has 144 valence electrons. The van der Waals surface area contributed by atoms with Gasteiger partial charge >= 0.3 is 5.97 Å². The van der Waals surface area contributed by atoms with Gasteiger partial charge in [-0.2, -0.15) is 0 Å². The molecule has 0 radical (unpaired) electrons. The molecule has 0 saturated carbocycles. The Kier molecular flexibility index (Phi) is 9.18. The lowest BCUT2D eigenvalue weighted by Crippen LogP contribution is -2.27. The predicted octanol–water partition coefficient (Wildman–Crippen LogP) is 3.68. The van der Waals surface area contributed by atoms with Gasteiger partial charge in [-0.05, 0) is 82.2 Å². The van der Waals surface area contributed by atoms with Gasteiger partial charge in [0, 0.05) is 18.5 Å². The average molecular weight is 360 g/mol. The van der Waals surface area contributed by atoms with Gasteiger partial charge in [-0.25, -0.2) is 0 Å². The van der Waals surface area contributed by atoms with Crippen molar-refractivity contribution in [3.05, 3.63) is 29.8 Å². The molecular formula is C21H32N2O3. The van der Waals surface area contributed by atoms with Gasteiger partial charge in [0.1, 0.15) is 0 Å². The Morgan fingerprint density at radius 1 is 1.12 bits per heavy atom. The highest BCUT2D eigenvalue weighted by atomic mass is 16.5. The van der Waals surface area contributed by atoms with Crippen LogP contribution in [0.2, 0.25) is 0 Å². The van der Waals surface area contributed by atoms with Crippen LogP contribution in [0.5, 0.6) is 0 Å². The van der Waals surface area contributed by atoms with Gasteiger partial charge < -0.3 is 15.4 Å². The lowest BCUT2D eigenvalue weighted by atomic mass is 9.91. The molecule has 1 aliphatic rings. The fourth-order valence-corrected chi connectivity index (χ4v) is 3.31. The number of hydrogen-bond acceptors (Lipinski definition) is 4. The summed E-state index contributed by atoms with van der Waals surface area (Å²) in [6.07, 6.45) is 7.10. The first-order chi connectivity index (χ1) is 12.7. The van der Waals surface area contributed by atoms with Gasteiger partial charge in [0.15, 0.2) is 0 Å². The van der Waals surface area contributed by atoms with Gasteiger partial charge in [-0.3, -0.25) is 9.59 Å². The van der Waals surface area contributed by atoms with Crippen LogP contribution >= 0.6 is 0 Å². The third kappa shape index (κ3) is 8.00. The lowest BCUT2D eigenvalue weighted by Gasteiger charge is -2.22. The minimum atomic E-state index is -0.187. The maximum Gasteiger partial charge on any atom is 0.305 e. The molecule has 0 aromatic heterocycles. The van der Waals surface area contributed by atoms with E-state index >= 15 is 0 Å². The molecule has 1 aromatic carbocycles. The fourth-order valence-electron chi connectivity index (χ4n) is 3.31. The molecule has 1 aliphatic heterocycles. The molecule has 0 bridgehead atoms. The molecule has 1 heterocycles. The second-order valence-electron chi connectivity index (χ2n) is 6.99. The second kappa shape index (κ2) is 11.7. The van der Waals surface area contributed by atoms with E-state index in [1.54, 1.807) is 6.92 Å². The summed E-state index contributed by atoms with van der Waals surface area (Å²) in [4.78, 5) is 23.2. The van der Waals surface area contributed by atoms with E-state index in [-0.39, 0.29) is 11.9 Å². The van der Waals surface area contributed by atoms with E-state index in [0.717, 1.165) is 31.1 Å². The summed E-state index contributed by atoms with van der Waals surface area (Å²) in [6.45, 7) is 4.50. The van der Waals surface area contributed by atoms with Crippen molar-refractivity contribution in [2.24, 2.45) is 5.92 Å². The molecule has 5 nitrogen and oxygen atoms in total. The molecular weight excluding hydrogens is 328 g/mol. The van der Waals surface area contributed by atoms with Crippen molar-refractivity contribution in [2.45, 2.75) is 58.3 Å². The van der Waals surface area contributed by atoms with Gasteiger partial charge in [-0.1, -0.05) is 12.1 Å². The Bertz CT molecular complexity index is 551. The van der Waals surface area contributed by atoms with Crippen LogP contribution in [0.15, 0.2) is 24.3 Å². The molecule has 1 fully saturated rings. The maximum atomic E-state index is 12.0. The van der Waals surface area contributed by atoms with Gasteiger partial charge in [-0.15, -0.1) is 0 Å². The van der Waals surface area contributed by atoms with E-state index in [1.165, 1.54) is 24.8 Å². The predicted molar refractivity (Wildman–Crippen MR) is 104 cm³/mol. The van der Waals surface area contributed by atoms with Crippen LogP contribution in [0.3, 0.4) is 0 Å². The minimum absolute atomic E-state index is 0.00341. The third-order valence-electron chi connectivity index (χ3n) is 4.88. The van der Waals surface area contributed by atoms with Crippen molar-refractivity contribution in [3.63, 3.8) is 0 Å². The Balaban J connectivity index is 1.62. The highest BCUT2D eigenvalue weighted by molar-refractivity contribution is 5.90. The number of amides is 1. The van der Waals surface area contributed by atoms with E-state index in [4.69, 9.17) is 4.74 Å². The zero-order chi connectivity index (χ0) is 18.6. The molecule has 1 amide bonds. The van der Waals surface area contributed by atoms with E-state index in [0.29, 0.717) is 32.3 Å². The summed E-state index contributed by atoms with van der Waals surface area (Å²) in [6, 6.07) is 8.18. The zero-order valence-corrected chi connectivity index (χ0v) is 15.9. The van der Waals surface area contributed by atoms with Crippen LogP contribution in [0, 0.1) is 5.92 Å². The summed E-state index contributed by atoms with van der Waals surface area (Å²) in [5.74, 6) is 0.648. The number of carbonyl (C=O) groups is 2. The number of rotatable bonds is 10. The topological polar surface area (TPSA) is 67.4 Å². The van der Waals surface area contributed by atoms with Crippen molar-refractivity contribution in [3.8, 4) is 0 Å². The van der Waals surface area contributed by atoms with Crippen LogP contribution in [-0.2, 0) is 20.7 Å². The molecule has 5 heteroatoms. The molecule has 1 aromatic rings. The monoisotopic (exact) mass is 360 g/mol. The number of piperidine rings is 1. The smallest absolute Gasteiger partial charge is 0.305 e. The number of nitrogens with one attached hydrogen (secondary N) is 2. The Morgan fingerprint density at radius 2 is 1.81 bits per heavy atom. The van der Waals surface area contributed by atoms with Crippen LogP contribution in [-0.4, -0.2) is 31.6 Å². The summed E-state index contributed by atoms with van der Waals surface area (Å²) >= 11 is 0. The Labute approximate surface area is 156 Å². The number of aryl methyl sites for hydroxylation is 1. The van der Waals surface area contributed by atoms with Crippen LogP contribution < -0.4 is 10.6 Å². The number of anilines is 1. The van der Waals surface area contributed by atoms with Crippen molar-refractivity contribution in [2.75, 3.05) is 25.0 Å². The van der Waals surface area contributed by atoms with E-state index < -0.39 is 0 Å². The SMILES string of the molecule is CCOC(=O)CCCCC(=O)Nc1ccc(CCC2CCNCC2)cc1. The van der Waals surface area contributed by atoms with Crippen molar-refractivity contribution in [1.29, 1.82) is 0 Å². The van der Waals surface area contributed by atoms with Crippen LogP contribution in [0.25, 0.3) is 0 Å². The largest absolute Gasteiger partial charge is 0.466 e. The lowest BCUT2D eigenvalue weighted by molar-refractivity contribution is -0.143. The second-order valence-corrected chi connectivity index (χ2v) is 6.99. The molecule has 2 N–H and O–H groups in total. The van der Waals surface area contributed by atoms with Gasteiger partial charge in [0.05, 0.1) is 6.61 Å². The maximum absolute atomic E-state index is 12.0. The standard InChI is InChI=1S/C21H32N2O3/c1-2-26-21(25)6-4-3-5-20(24)23-19-11-9-17(10-12-19)7-8-18-13-15-22-16-14-18/h9-12,18,22H,2-8,13-16H2,1H3,(H,23,24). The fraction of sp³-hybridized carbons (Fsp3) is 0.619. The number of hydrogen-bond donors (Lipinski definition) is 2. The quantitative estimate of drug-likeness (QED) is 0.493. The first-order valence-corrected chi connectivity index (χ1v) is 9.92. The normalized spacial score (nSPS) is 14.8. The van der Waals surface area contributed by atoms with E-state index in [9.17, 15) is 9.59 Å².